The Morgan fingerprint density at radius 2 is 1.12 bits per heavy atom. The SMILES string of the molecule is CCCCCCCC/C=C\CCCCCCCCOP(=O)([O-])[O-].[K+].[K+]. The topological polar surface area (TPSA) is 72.4 Å². The number of allylic oxidation sites excluding steroid dienone is 2. The molecule has 0 aliphatic carbocycles. The van der Waals surface area contributed by atoms with Gasteiger partial charge in [-0.05, 0) is 32.1 Å². The van der Waals surface area contributed by atoms with E-state index in [0.717, 1.165) is 25.7 Å². The molecule has 0 aromatic rings. The zero-order valence-corrected chi connectivity index (χ0v) is 24.0. The van der Waals surface area contributed by atoms with Gasteiger partial charge in [-0.3, -0.25) is 0 Å². The summed E-state index contributed by atoms with van der Waals surface area (Å²) in [5, 5.41) is 0. The molecule has 0 bridgehead atoms. The van der Waals surface area contributed by atoms with Crippen LogP contribution in [0.15, 0.2) is 12.2 Å². The third kappa shape index (κ3) is 32.0. The van der Waals surface area contributed by atoms with Crippen LogP contribution in [0.3, 0.4) is 0 Å². The van der Waals surface area contributed by atoms with Crippen molar-refractivity contribution in [3.8, 4) is 0 Å². The van der Waals surface area contributed by atoms with Gasteiger partial charge in [0.15, 0.2) is 0 Å². The Balaban J connectivity index is -0.00000242. The molecule has 0 unspecified atom stereocenters. The largest absolute Gasteiger partial charge is 1.00 e. The predicted molar refractivity (Wildman–Crippen MR) is 93.0 cm³/mol. The minimum atomic E-state index is -4.76. The van der Waals surface area contributed by atoms with Gasteiger partial charge in [-0.2, -0.15) is 0 Å². The Hall–Kier alpha value is 3.12. The van der Waals surface area contributed by atoms with Crippen molar-refractivity contribution in [3.05, 3.63) is 12.2 Å². The molecule has 4 nitrogen and oxygen atoms in total. The van der Waals surface area contributed by atoms with Crippen molar-refractivity contribution in [2.24, 2.45) is 0 Å². The molecule has 0 radical (unpaired) electrons. The van der Waals surface area contributed by atoms with Crippen molar-refractivity contribution in [1.82, 2.24) is 0 Å². The van der Waals surface area contributed by atoms with Crippen LogP contribution in [0.2, 0.25) is 0 Å². The average Bonchev–Trinajstić information content (AvgIpc) is 2.49. The summed E-state index contributed by atoms with van der Waals surface area (Å²) >= 11 is 0. The molecule has 0 saturated heterocycles. The molecule has 0 aliphatic heterocycles. The summed E-state index contributed by atoms with van der Waals surface area (Å²) in [6.07, 6.45) is 21.4. The summed E-state index contributed by atoms with van der Waals surface area (Å²) in [7, 11) is -4.76. The van der Waals surface area contributed by atoms with Crippen LogP contribution in [0.1, 0.15) is 96.8 Å². The van der Waals surface area contributed by atoms with E-state index in [4.69, 9.17) is 0 Å². The monoisotopic (exact) mass is 424 g/mol. The second-order valence-electron chi connectivity index (χ2n) is 6.22. The zero-order chi connectivity index (χ0) is 17.2. The Bertz CT molecular complexity index is 322. The minimum Gasteiger partial charge on any atom is -0.790 e. The van der Waals surface area contributed by atoms with Crippen molar-refractivity contribution in [2.45, 2.75) is 96.8 Å². The summed E-state index contributed by atoms with van der Waals surface area (Å²) in [5.41, 5.74) is 0. The molecule has 0 amide bonds. The van der Waals surface area contributed by atoms with Gasteiger partial charge in [0.05, 0.1) is 14.4 Å². The maximum absolute atomic E-state index is 10.2. The van der Waals surface area contributed by atoms with Gasteiger partial charge in [0.25, 0.3) is 0 Å². The first-order chi connectivity index (χ1) is 11.1. The van der Waals surface area contributed by atoms with Crippen LogP contribution in [0.5, 0.6) is 0 Å². The van der Waals surface area contributed by atoms with Crippen molar-refractivity contribution in [1.29, 1.82) is 0 Å². The number of hydrogen-bond donors (Lipinski definition) is 0. The summed E-state index contributed by atoms with van der Waals surface area (Å²) in [4.78, 5) is 20.5. The number of unbranched alkanes of at least 4 members (excludes halogenated alkanes) is 12. The molecule has 0 N–H and O–H groups in total. The van der Waals surface area contributed by atoms with Crippen LogP contribution in [-0.4, -0.2) is 6.61 Å². The van der Waals surface area contributed by atoms with Gasteiger partial charge in [-0.15, -0.1) is 0 Å². The fourth-order valence-electron chi connectivity index (χ4n) is 2.53. The summed E-state index contributed by atoms with van der Waals surface area (Å²) < 4.78 is 14.4. The van der Waals surface area contributed by atoms with Crippen LogP contribution in [0.4, 0.5) is 0 Å². The quantitative estimate of drug-likeness (QED) is 0.128. The Morgan fingerprint density at radius 1 is 0.720 bits per heavy atom. The first kappa shape index (κ1) is 32.8. The van der Waals surface area contributed by atoms with Crippen LogP contribution in [0, 0.1) is 0 Å². The molecule has 138 valence electrons. The van der Waals surface area contributed by atoms with E-state index in [0.29, 0.717) is 6.42 Å². The summed E-state index contributed by atoms with van der Waals surface area (Å²) in [5.74, 6) is 0. The molecule has 0 fully saturated rings. The average molecular weight is 425 g/mol. The van der Waals surface area contributed by atoms with E-state index >= 15 is 0 Å². The van der Waals surface area contributed by atoms with Crippen LogP contribution >= 0.6 is 7.82 Å². The van der Waals surface area contributed by atoms with E-state index in [2.05, 4.69) is 23.6 Å². The molecular weight excluding hydrogens is 389 g/mol. The number of hydrogen-bond acceptors (Lipinski definition) is 4. The van der Waals surface area contributed by atoms with Gasteiger partial charge >= 0.3 is 103 Å². The molecule has 0 heterocycles. The maximum Gasteiger partial charge on any atom is 1.00 e. The van der Waals surface area contributed by atoms with Gasteiger partial charge in [-0.1, -0.05) is 76.9 Å². The number of phosphoric ester groups is 1. The number of phosphoric acid groups is 1. The second kappa shape index (κ2) is 25.2. The molecular formula is C18H35K2O4P. The predicted octanol–water partition coefficient (Wildman–Crippen LogP) is -1.12. The standard InChI is InChI=1S/C18H37O4P.2K/c1-2-3-4-5-6-7-8-9-10-11-12-13-14-15-16-17-18-22-23(19,20)21;;/h9-10H,2-8,11-18H2,1H3,(H2,19,20,21);;/q;2*+1/p-2/b10-9-;;. The first-order valence-corrected chi connectivity index (χ1v) is 10.8. The van der Waals surface area contributed by atoms with Crippen molar-refractivity contribution in [3.63, 3.8) is 0 Å². The Labute approximate surface area is 240 Å². The molecule has 0 aliphatic rings. The Morgan fingerprint density at radius 3 is 1.56 bits per heavy atom. The van der Waals surface area contributed by atoms with Crippen LogP contribution in [0.25, 0.3) is 0 Å². The van der Waals surface area contributed by atoms with Crippen molar-refractivity contribution >= 4 is 7.82 Å². The molecule has 25 heavy (non-hydrogen) atoms. The van der Waals surface area contributed by atoms with E-state index in [1.165, 1.54) is 57.8 Å². The van der Waals surface area contributed by atoms with Crippen molar-refractivity contribution < 1.29 is 122 Å². The van der Waals surface area contributed by atoms with E-state index in [-0.39, 0.29) is 109 Å². The molecule has 7 heteroatoms. The maximum atomic E-state index is 10.2. The fraction of sp³-hybridized carbons (Fsp3) is 0.889. The smallest absolute Gasteiger partial charge is 0.790 e. The fourth-order valence-corrected chi connectivity index (χ4v) is 2.88. The van der Waals surface area contributed by atoms with Gasteiger partial charge in [0, 0.05) is 0 Å². The van der Waals surface area contributed by atoms with E-state index in [9.17, 15) is 14.4 Å². The third-order valence-corrected chi connectivity index (χ3v) is 4.40. The van der Waals surface area contributed by atoms with Gasteiger partial charge in [-0.25, -0.2) is 0 Å². The molecule has 0 rings (SSSR count). The summed E-state index contributed by atoms with van der Waals surface area (Å²) in [6, 6.07) is 0. The second-order valence-corrected chi connectivity index (χ2v) is 7.37. The van der Waals surface area contributed by atoms with Crippen LogP contribution < -0.4 is 113 Å². The normalized spacial score (nSPS) is 11.3. The zero-order valence-electron chi connectivity index (χ0n) is 16.8. The van der Waals surface area contributed by atoms with Crippen LogP contribution in [-0.2, 0) is 9.09 Å². The van der Waals surface area contributed by atoms with E-state index < -0.39 is 7.82 Å². The van der Waals surface area contributed by atoms with Gasteiger partial charge in [0.1, 0.15) is 0 Å². The molecule has 0 saturated carbocycles. The van der Waals surface area contributed by atoms with Gasteiger partial charge < -0.3 is 18.9 Å². The third-order valence-electron chi connectivity index (χ3n) is 3.91. The molecule has 0 aromatic carbocycles. The minimum absolute atomic E-state index is 0. The Kier molecular flexibility index (Phi) is 33.0. The molecule has 0 atom stereocenters. The number of rotatable bonds is 17. The van der Waals surface area contributed by atoms with E-state index in [1.54, 1.807) is 0 Å². The molecule has 0 aromatic heterocycles. The molecule has 0 spiro atoms. The van der Waals surface area contributed by atoms with Gasteiger partial charge in [0.2, 0.25) is 0 Å². The first-order valence-electron chi connectivity index (χ1n) is 9.38. The van der Waals surface area contributed by atoms with Crippen molar-refractivity contribution in [2.75, 3.05) is 6.61 Å². The summed E-state index contributed by atoms with van der Waals surface area (Å²) in [6.45, 7) is 2.28. The van der Waals surface area contributed by atoms with E-state index in [1.807, 2.05) is 0 Å².